The Bertz CT molecular complexity index is 3600. The Kier molecular flexibility index (Phi) is 8.28. The van der Waals surface area contributed by atoms with Gasteiger partial charge in [0.1, 0.15) is 11.2 Å². The normalized spacial score (nSPS) is 11.6. The molecule has 0 aliphatic heterocycles. The molecule has 3 aromatic heterocycles. The molecule has 0 unspecified atom stereocenters. The van der Waals surface area contributed by atoms with Crippen molar-refractivity contribution in [3.63, 3.8) is 0 Å². The molecule has 61 heavy (non-hydrogen) atoms. The molecule has 5 nitrogen and oxygen atoms in total. The first-order chi connectivity index (χ1) is 30.2. The molecule has 0 aliphatic rings. The highest BCUT2D eigenvalue weighted by Crippen LogP contribution is 2.45. The molecule has 12 aromatic rings. The standard InChI is InChI=1S/C55H34N4OS/c1-3-14-35(15-4-1)37-28-30-41(31-29-37)59(40-18-5-2-6-19-40)42-33-46(51-43-20-9-11-23-47(43)60-48(51)34-42)55-57-53(39-27-26-36-16-7-8-17-38(36)32-39)56-54(58-55)45-22-13-25-50-52(45)44-21-10-12-24-49(44)61-50/h1-34H. The second-order valence-electron chi connectivity index (χ2n) is 15.2. The van der Waals surface area contributed by atoms with Gasteiger partial charge in [-0.05, 0) is 76.5 Å². The SMILES string of the molecule is c1ccc(-c2ccc(N(c3ccccc3)c3cc(-c4nc(-c5ccc6ccccc6c5)nc(-c5cccc6sc7ccccc7c56)n4)c4c(c3)oc3ccccc34)cc2)cc1. The molecule has 0 radical (unpaired) electrons. The zero-order valence-corrected chi connectivity index (χ0v) is 33.6. The van der Waals surface area contributed by atoms with E-state index >= 15 is 0 Å². The molecule has 0 atom stereocenters. The Morgan fingerprint density at radius 1 is 0.361 bits per heavy atom. The fourth-order valence-corrected chi connectivity index (χ4v) is 9.77. The molecule has 6 heteroatoms. The fraction of sp³-hybridized carbons (Fsp3) is 0. The van der Waals surface area contributed by atoms with Gasteiger partial charge in [0.15, 0.2) is 17.5 Å². The number of aromatic nitrogens is 3. The Morgan fingerprint density at radius 2 is 0.984 bits per heavy atom. The summed E-state index contributed by atoms with van der Waals surface area (Å²) in [6.45, 7) is 0. The van der Waals surface area contributed by atoms with Crippen LogP contribution in [0.25, 0.3) is 98.2 Å². The van der Waals surface area contributed by atoms with E-state index in [2.05, 4.69) is 187 Å². The van der Waals surface area contributed by atoms with Crippen LogP contribution in [0.5, 0.6) is 0 Å². The van der Waals surface area contributed by atoms with Crippen LogP contribution in [0.3, 0.4) is 0 Å². The number of fused-ring (bicyclic) bond motifs is 7. The van der Waals surface area contributed by atoms with Crippen LogP contribution in [0, 0.1) is 0 Å². The van der Waals surface area contributed by atoms with Crippen molar-refractivity contribution in [1.29, 1.82) is 0 Å². The third-order valence-electron chi connectivity index (χ3n) is 11.5. The Balaban J connectivity index is 1.13. The van der Waals surface area contributed by atoms with Gasteiger partial charge in [-0.2, -0.15) is 0 Å². The van der Waals surface area contributed by atoms with Gasteiger partial charge in [0.05, 0.1) is 5.69 Å². The molecule has 9 aromatic carbocycles. The van der Waals surface area contributed by atoms with E-state index in [-0.39, 0.29) is 0 Å². The van der Waals surface area contributed by atoms with Crippen LogP contribution in [-0.2, 0) is 0 Å². The summed E-state index contributed by atoms with van der Waals surface area (Å²) in [7, 11) is 0. The topological polar surface area (TPSA) is 55.1 Å². The van der Waals surface area contributed by atoms with Crippen molar-refractivity contribution in [3.05, 3.63) is 206 Å². The van der Waals surface area contributed by atoms with Crippen LogP contribution in [0.1, 0.15) is 0 Å². The van der Waals surface area contributed by atoms with Crippen LogP contribution in [0.2, 0.25) is 0 Å². The number of benzene rings is 9. The van der Waals surface area contributed by atoms with Crippen molar-refractivity contribution in [2.75, 3.05) is 4.90 Å². The molecule has 0 saturated carbocycles. The molecule has 0 N–H and O–H groups in total. The average molecular weight is 799 g/mol. The maximum absolute atomic E-state index is 6.73. The van der Waals surface area contributed by atoms with E-state index in [9.17, 15) is 0 Å². The molecule has 3 heterocycles. The van der Waals surface area contributed by atoms with Crippen LogP contribution in [0.15, 0.2) is 211 Å². The summed E-state index contributed by atoms with van der Waals surface area (Å²) in [5.41, 5.74) is 9.55. The van der Waals surface area contributed by atoms with Gasteiger partial charge in [0, 0.05) is 65.1 Å². The van der Waals surface area contributed by atoms with Gasteiger partial charge >= 0.3 is 0 Å². The van der Waals surface area contributed by atoms with Crippen molar-refractivity contribution in [2.24, 2.45) is 0 Å². The first-order valence-electron chi connectivity index (χ1n) is 20.3. The van der Waals surface area contributed by atoms with Gasteiger partial charge in [0.25, 0.3) is 0 Å². The van der Waals surface area contributed by atoms with Crippen LogP contribution < -0.4 is 4.90 Å². The lowest BCUT2D eigenvalue weighted by molar-refractivity contribution is 0.669. The second-order valence-corrected chi connectivity index (χ2v) is 16.3. The number of rotatable bonds is 7. The van der Waals surface area contributed by atoms with Gasteiger partial charge in [-0.3, -0.25) is 0 Å². The molecular weight excluding hydrogens is 765 g/mol. The van der Waals surface area contributed by atoms with Gasteiger partial charge in [0.2, 0.25) is 0 Å². The van der Waals surface area contributed by atoms with Crippen LogP contribution in [-0.4, -0.2) is 15.0 Å². The zero-order valence-electron chi connectivity index (χ0n) is 32.7. The van der Waals surface area contributed by atoms with E-state index in [1.807, 2.05) is 24.3 Å². The molecule has 0 fully saturated rings. The summed E-state index contributed by atoms with van der Waals surface area (Å²) in [4.78, 5) is 18.4. The van der Waals surface area contributed by atoms with E-state index < -0.39 is 0 Å². The lowest BCUT2D eigenvalue weighted by Gasteiger charge is -2.26. The van der Waals surface area contributed by atoms with Gasteiger partial charge < -0.3 is 9.32 Å². The summed E-state index contributed by atoms with van der Waals surface area (Å²) < 4.78 is 9.15. The summed E-state index contributed by atoms with van der Waals surface area (Å²) in [6.07, 6.45) is 0. The molecule has 0 saturated heterocycles. The highest BCUT2D eigenvalue weighted by molar-refractivity contribution is 7.25. The predicted molar refractivity (Wildman–Crippen MR) is 254 cm³/mol. The number of anilines is 3. The number of hydrogen-bond donors (Lipinski definition) is 0. The summed E-state index contributed by atoms with van der Waals surface area (Å²) in [5.74, 6) is 1.78. The third kappa shape index (κ3) is 6.12. The quantitative estimate of drug-likeness (QED) is 0.161. The molecule has 0 spiro atoms. The minimum atomic E-state index is 0.565. The first-order valence-corrected chi connectivity index (χ1v) is 21.2. The molecule has 0 amide bonds. The van der Waals surface area contributed by atoms with Crippen molar-refractivity contribution >= 4 is 81.3 Å². The number of para-hydroxylation sites is 2. The van der Waals surface area contributed by atoms with E-state index in [1.165, 1.54) is 20.3 Å². The highest BCUT2D eigenvalue weighted by atomic mass is 32.1. The minimum Gasteiger partial charge on any atom is -0.456 e. The smallest absolute Gasteiger partial charge is 0.164 e. The third-order valence-corrected chi connectivity index (χ3v) is 12.6. The van der Waals surface area contributed by atoms with E-state index in [0.29, 0.717) is 17.5 Å². The van der Waals surface area contributed by atoms with Crippen LogP contribution >= 0.6 is 11.3 Å². The lowest BCUT2D eigenvalue weighted by atomic mass is 10.0. The van der Waals surface area contributed by atoms with Crippen molar-refractivity contribution in [1.82, 2.24) is 15.0 Å². The van der Waals surface area contributed by atoms with E-state index in [1.54, 1.807) is 11.3 Å². The Hall–Kier alpha value is -7.93. The molecule has 286 valence electrons. The number of nitrogens with zero attached hydrogens (tertiary/aromatic N) is 4. The van der Waals surface area contributed by atoms with Crippen molar-refractivity contribution < 1.29 is 4.42 Å². The van der Waals surface area contributed by atoms with Crippen molar-refractivity contribution in [2.45, 2.75) is 0 Å². The van der Waals surface area contributed by atoms with Gasteiger partial charge in [-0.15, -0.1) is 11.3 Å². The predicted octanol–water partition coefficient (Wildman–Crippen LogP) is 15.4. The number of hydrogen-bond acceptors (Lipinski definition) is 6. The molecular formula is C55H34N4OS. The van der Waals surface area contributed by atoms with Gasteiger partial charge in [-0.1, -0.05) is 146 Å². The van der Waals surface area contributed by atoms with Crippen LogP contribution in [0.4, 0.5) is 17.1 Å². The largest absolute Gasteiger partial charge is 0.456 e. The number of thiophene rings is 1. The lowest BCUT2D eigenvalue weighted by Crippen LogP contribution is -2.10. The average Bonchev–Trinajstić information content (AvgIpc) is 3.91. The second kappa shape index (κ2) is 14.4. The maximum atomic E-state index is 6.73. The first kappa shape index (κ1) is 35.1. The number of furan rings is 1. The molecule has 0 aliphatic carbocycles. The zero-order chi connectivity index (χ0) is 40.3. The minimum absolute atomic E-state index is 0.565. The summed E-state index contributed by atoms with van der Waals surface area (Å²) in [5, 5.41) is 6.56. The molecule has 12 rings (SSSR count). The monoisotopic (exact) mass is 798 g/mol. The van der Waals surface area contributed by atoms with E-state index in [4.69, 9.17) is 19.4 Å². The van der Waals surface area contributed by atoms with Gasteiger partial charge in [-0.25, -0.2) is 15.0 Å². The van der Waals surface area contributed by atoms with E-state index in [0.717, 1.165) is 77.4 Å². The highest BCUT2D eigenvalue weighted by Gasteiger charge is 2.23. The molecule has 0 bridgehead atoms. The Morgan fingerprint density at radius 3 is 1.82 bits per heavy atom. The maximum Gasteiger partial charge on any atom is 0.164 e. The summed E-state index contributed by atoms with van der Waals surface area (Å²) in [6, 6.07) is 72.1. The Labute approximate surface area is 355 Å². The summed E-state index contributed by atoms with van der Waals surface area (Å²) >= 11 is 1.79. The van der Waals surface area contributed by atoms with Crippen molar-refractivity contribution in [3.8, 4) is 45.3 Å². The fourth-order valence-electron chi connectivity index (χ4n) is 8.64.